The van der Waals surface area contributed by atoms with E-state index < -0.39 is 30.4 Å². The number of urea groups is 1. The molecule has 1 N–H and O–H groups in total. The van der Waals surface area contributed by atoms with Gasteiger partial charge in [-0.2, -0.15) is 0 Å². The molecule has 29 heavy (non-hydrogen) atoms. The lowest BCUT2D eigenvalue weighted by Gasteiger charge is -2.19. The van der Waals surface area contributed by atoms with Crippen LogP contribution in [0.4, 0.5) is 16.2 Å². The zero-order valence-corrected chi connectivity index (χ0v) is 16.8. The molecule has 1 saturated heterocycles. The number of anilines is 2. The van der Waals surface area contributed by atoms with Gasteiger partial charge in [-0.15, -0.1) is 0 Å². The summed E-state index contributed by atoms with van der Waals surface area (Å²) in [5.74, 6) is 0.0287. The van der Waals surface area contributed by atoms with Crippen LogP contribution in [0.3, 0.4) is 0 Å². The number of imide groups is 1. The Hall–Kier alpha value is -3.55. The fourth-order valence-electron chi connectivity index (χ4n) is 3.16. The molecule has 4 amide bonds. The van der Waals surface area contributed by atoms with E-state index in [0.717, 1.165) is 10.5 Å². The van der Waals surface area contributed by atoms with Crippen LogP contribution in [0.25, 0.3) is 0 Å². The molecule has 2 aromatic rings. The highest BCUT2D eigenvalue weighted by Gasteiger charge is 2.44. The second-order valence-electron chi connectivity index (χ2n) is 6.70. The first kappa shape index (κ1) is 20.2. The molecule has 0 aliphatic carbocycles. The van der Waals surface area contributed by atoms with Crippen LogP contribution in [0.15, 0.2) is 42.5 Å². The molecule has 152 valence electrons. The first-order chi connectivity index (χ1) is 13.8. The Morgan fingerprint density at radius 3 is 2.38 bits per heavy atom. The van der Waals surface area contributed by atoms with Gasteiger partial charge in [0.05, 0.1) is 19.9 Å². The molecule has 3 rings (SSSR count). The van der Waals surface area contributed by atoms with Gasteiger partial charge in [-0.3, -0.25) is 19.4 Å². The molecule has 2 aromatic carbocycles. The highest BCUT2D eigenvalue weighted by atomic mass is 16.5. The summed E-state index contributed by atoms with van der Waals surface area (Å²) in [6.45, 7) is 3.18. The molecule has 0 bridgehead atoms. The third-order valence-corrected chi connectivity index (χ3v) is 4.74. The molecule has 0 aromatic heterocycles. The Morgan fingerprint density at radius 1 is 1.07 bits per heavy atom. The van der Waals surface area contributed by atoms with Gasteiger partial charge in [0.2, 0.25) is 5.91 Å². The van der Waals surface area contributed by atoms with Crippen LogP contribution in [-0.4, -0.2) is 49.6 Å². The van der Waals surface area contributed by atoms with E-state index in [0.29, 0.717) is 22.9 Å². The van der Waals surface area contributed by atoms with Crippen molar-refractivity contribution in [2.24, 2.45) is 0 Å². The number of carbonyl (C=O) groups is 3. The standard InChI is InChI=1S/C21H23N3O5/c1-13-5-7-15(8-6-13)24-14(2)20(26)23(21(24)27)12-19(25)22-17-11-16(28-3)9-10-18(17)29-4/h5-11,14H,12H2,1-4H3,(H,22,25). The van der Waals surface area contributed by atoms with Crippen LogP contribution < -0.4 is 19.7 Å². The van der Waals surface area contributed by atoms with Crippen molar-refractivity contribution >= 4 is 29.2 Å². The number of nitrogens with zero attached hydrogens (tertiary/aromatic N) is 2. The van der Waals surface area contributed by atoms with Crippen molar-refractivity contribution in [3.05, 3.63) is 48.0 Å². The van der Waals surface area contributed by atoms with E-state index in [9.17, 15) is 14.4 Å². The Kier molecular flexibility index (Phi) is 5.72. The Labute approximate surface area is 169 Å². The Bertz CT molecular complexity index is 942. The number of hydrogen-bond acceptors (Lipinski definition) is 5. The van der Waals surface area contributed by atoms with E-state index in [1.165, 1.54) is 19.1 Å². The number of ether oxygens (including phenoxy) is 2. The van der Waals surface area contributed by atoms with Gasteiger partial charge in [0.15, 0.2) is 0 Å². The summed E-state index contributed by atoms with van der Waals surface area (Å²) >= 11 is 0. The van der Waals surface area contributed by atoms with Gasteiger partial charge < -0.3 is 14.8 Å². The number of amides is 4. The fraction of sp³-hybridized carbons (Fsp3) is 0.286. The van der Waals surface area contributed by atoms with Gasteiger partial charge in [0.1, 0.15) is 24.1 Å². The van der Waals surface area contributed by atoms with Crippen LogP contribution in [-0.2, 0) is 9.59 Å². The van der Waals surface area contributed by atoms with Crippen molar-refractivity contribution in [3.63, 3.8) is 0 Å². The van der Waals surface area contributed by atoms with E-state index >= 15 is 0 Å². The largest absolute Gasteiger partial charge is 0.497 e. The van der Waals surface area contributed by atoms with Crippen molar-refractivity contribution in [2.45, 2.75) is 19.9 Å². The third-order valence-electron chi connectivity index (χ3n) is 4.74. The summed E-state index contributed by atoms with van der Waals surface area (Å²) in [6.07, 6.45) is 0. The van der Waals surface area contributed by atoms with Crippen LogP contribution in [0.1, 0.15) is 12.5 Å². The van der Waals surface area contributed by atoms with Crippen molar-refractivity contribution in [1.29, 1.82) is 0 Å². The number of aryl methyl sites for hydroxylation is 1. The number of benzene rings is 2. The molecule has 1 heterocycles. The summed E-state index contributed by atoms with van der Waals surface area (Å²) in [4.78, 5) is 40.3. The van der Waals surface area contributed by atoms with Crippen molar-refractivity contribution in [2.75, 3.05) is 31.0 Å². The van der Waals surface area contributed by atoms with Gasteiger partial charge in [-0.05, 0) is 38.1 Å². The molecule has 1 aliphatic rings. The average Bonchev–Trinajstić information content (AvgIpc) is 2.92. The van der Waals surface area contributed by atoms with Gasteiger partial charge in [-0.1, -0.05) is 17.7 Å². The third kappa shape index (κ3) is 4.01. The zero-order valence-electron chi connectivity index (χ0n) is 16.8. The van der Waals surface area contributed by atoms with E-state index in [-0.39, 0.29) is 0 Å². The monoisotopic (exact) mass is 397 g/mol. The molecule has 0 spiro atoms. The fourth-order valence-corrected chi connectivity index (χ4v) is 3.16. The summed E-state index contributed by atoms with van der Waals surface area (Å²) < 4.78 is 10.4. The van der Waals surface area contributed by atoms with Crippen LogP contribution in [0.5, 0.6) is 11.5 Å². The summed E-state index contributed by atoms with van der Waals surface area (Å²) in [7, 11) is 2.99. The second-order valence-corrected chi connectivity index (χ2v) is 6.70. The molecule has 0 saturated carbocycles. The van der Waals surface area contributed by atoms with E-state index in [4.69, 9.17) is 9.47 Å². The maximum atomic E-state index is 12.8. The minimum absolute atomic E-state index is 0.388. The maximum absolute atomic E-state index is 12.8. The van der Waals surface area contributed by atoms with Crippen molar-refractivity contribution in [1.82, 2.24) is 4.90 Å². The van der Waals surface area contributed by atoms with Gasteiger partial charge in [0.25, 0.3) is 5.91 Å². The SMILES string of the molecule is COc1ccc(OC)c(NC(=O)CN2C(=O)C(C)N(c3ccc(C)cc3)C2=O)c1. The quantitative estimate of drug-likeness (QED) is 0.758. The van der Waals surface area contributed by atoms with Gasteiger partial charge in [0, 0.05) is 11.8 Å². The second kappa shape index (κ2) is 8.22. The van der Waals surface area contributed by atoms with Gasteiger partial charge in [-0.25, -0.2) is 4.79 Å². The minimum atomic E-state index is -0.690. The number of nitrogens with one attached hydrogen (secondary N) is 1. The number of carbonyl (C=O) groups excluding carboxylic acids is 3. The lowest BCUT2D eigenvalue weighted by Crippen LogP contribution is -2.39. The van der Waals surface area contributed by atoms with Crippen LogP contribution in [0, 0.1) is 6.92 Å². The van der Waals surface area contributed by atoms with Gasteiger partial charge >= 0.3 is 6.03 Å². The maximum Gasteiger partial charge on any atom is 0.332 e. The molecular weight excluding hydrogens is 374 g/mol. The zero-order chi connectivity index (χ0) is 21.1. The molecule has 8 nitrogen and oxygen atoms in total. The molecule has 8 heteroatoms. The Morgan fingerprint density at radius 2 is 1.76 bits per heavy atom. The summed E-state index contributed by atoms with van der Waals surface area (Å²) in [5, 5.41) is 2.67. The van der Waals surface area contributed by atoms with E-state index in [1.54, 1.807) is 37.3 Å². The first-order valence-corrected chi connectivity index (χ1v) is 9.08. The highest BCUT2D eigenvalue weighted by Crippen LogP contribution is 2.29. The van der Waals surface area contributed by atoms with E-state index in [2.05, 4.69) is 5.32 Å². The number of hydrogen-bond donors (Lipinski definition) is 1. The first-order valence-electron chi connectivity index (χ1n) is 9.08. The topological polar surface area (TPSA) is 88.2 Å². The van der Waals surface area contributed by atoms with Crippen LogP contribution >= 0.6 is 0 Å². The molecular formula is C21H23N3O5. The Balaban J connectivity index is 1.76. The lowest BCUT2D eigenvalue weighted by molar-refractivity contribution is -0.130. The molecule has 1 fully saturated rings. The molecule has 0 radical (unpaired) electrons. The minimum Gasteiger partial charge on any atom is -0.497 e. The lowest BCUT2D eigenvalue weighted by atomic mass is 10.2. The predicted octanol–water partition coefficient (Wildman–Crippen LogP) is 2.81. The number of methoxy groups -OCH3 is 2. The van der Waals surface area contributed by atoms with E-state index in [1.807, 2.05) is 19.1 Å². The van der Waals surface area contributed by atoms with Crippen LogP contribution in [0.2, 0.25) is 0 Å². The predicted molar refractivity (Wildman–Crippen MR) is 108 cm³/mol. The summed E-state index contributed by atoms with van der Waals surface area (Å²) in [6, 6.07) is 11.0. The van der Waals surface area contributed by atoms with Crippen molar-refractivity contribution in [3.8, 4) is 11.5 Å². The smallest absolute Gasteiger partial charge is 0.332 e. The summed E-state index contributed by atoms with van der Waals surface area (Å²) in [5.41, 5.74) is 2.04. The highest BCUT2D eigenvalue weighted by molar-refractivity contribution is 6.16. The normalized spacial score (nSPS) is 16.2. The van der Waals surface area contributed by atoms with Crippen molar-refractivity contribution < 1.29 is 23.9 Å². The molecule has 1 atom stereocenters. The average molecular weight is 397 g/mol. The molecule has 1 unspecified atom stereocenters. The molecule has 1 aliphatic heterocycles. The number of rotatable bonds is 6.